The van der Waals surface area contributed by atoms with Gasteiger partial charge in [-0.15, -0.1) is 0 Å². The minimum absolute atomic E-state index is 0.238. The van der Waals surface area contributed by atoms with E-state index >= 15 is 0 Å². The lowest BCUT2D eigenvalue weighted by Crippen LogP contribution is -2.55. The number of fused-ring (bicyclic) bond motifs is 1. The summed E-state index contributed by atoms with van der Waals surface area (Å²) in [5.74, 6) is 0.238. The molecule has 1 aromatic carbocycles. The van der Waals surface area contributed by atoms with Crippen LogP contribution in [0.4, 0.5) is 0 Å². The van der Waals surface area contributed by atoms with Gasteiger partial charge in [-0.25, -0.2) is 0 Å². The van der Waals surface area contributed by atoms with Crippen LogP contribution in [0, 0.1) is 0 Å². The van der Waals surface area contributed by atoms with Gasteiger partial charge in [-0.1, -0.05) is 34.5 Å². The van der Waals surface area contributed by atoms with E-state index in [1.165, 1.54) is 25.8 Å². The SMILES string of the molecule is O=C(CN1CCN2CCCCC2C1)c1ccc(Br)cc1. The number of nitrogens with zero attached hydrogens (tertiary/aromatic N) is 2. The molecule has 0 amide bonds. The van der Waals surface area contributed by atoms with Crippen molar-refractivity contribution in [1.82, 2.24) is 9.80 Å². The number of hydrogen-bond donors (Lipinski definition) is 0. The molecule has 2 saturated heterocycles. The van der Waals surface area contributed by atoms with Crippen LogP contribution in [0.2, 0.25) is 0 Å². The highest BCUT2D eigenvalue weighted by atomic mass is 79.9. The molecule has 0 spiro atoms. The molecule has 0 aliphatic carbocycles. The molecule has 20 heavy (non-hydrogen) atoms. The van der Waals surface area contributed by atoms with Gasteiger partial charge in [0.05, 0.1) is 6.54 Å². The Morgan fingerprint density at radius 1 is 1.15 bits per heavy atom. The van der Waals surface area contributed by atoms with Crippen LogP contribution in [-0.2, 0) is 0 Å². The van der Waals surface area contributed by atoms with Gasteiger partial charge in [0.1, 0.15) is 0 Å². The van der Waals surface area contributed by atoms with Crippen molar-refractivity contribution in [2.75, 3.05) is 32.7 Å². The topological polar surface area (TPSA) is 23.6 Å². The normalized spacial score (nSPS) is 24.4. The number of rotatable bonds is 3. The predicted octanol–water partition coefficient (Wildman–Crippen LogP) is 2.80. The van der Waals surface area contributed by atoms with Crippen molar-refractivity contribution in [3.8, 4) is 0 Å². The predicted molar refractivity (Wildman–Crippen MR) is 84.1 cm³/mol. The molecule has 1 aromatic rings. The van der Waals surface area contributed by atoms with Gasteiger partial charge >= 0.3 is 0 Å². The second kappa shape index (κ2) is 6.37. The van der Waals surface area contributed by atoms with Crippen molar-refractivity contribution in [3.63, 3.8) is 0 Å². The van der Waals surface area contributed by atoms with Gasteiger partial charge in [0.25, 0.3) is 0 Å². The Bertz CT molecular complexity index is 474. The number of benzene rings is 1. The monoisotopic (exact) mass is 336 g/mol. The molecule has 2 heterocycles. The third-order valence-electron chi connectivity index (χ3n) is 4.45. The van der Waals surface area contributed by atoms with Gasteiger partial charge in [0, 0.05) is 35.7 Å². The summed E-state index contributed by atoms with van der Waals surface area (Å²) < 4.78 is 1.02. The van der Waals surface area contributed by atoms with Crippen LogP contribution in [0.25, 0.3) is 0 Å². The van der Waals surface area contributed by atoms with E-state index in [2.05, 4.69) is 25.7 Å². The van der Waals surface area contributed by atoms with Crippen LogP contribution in [0.3, 0.4) is 0 Å². The van der Waals surface area contributed by atoms with E-state index < -0.39 is 0 Å². The lowest BCUT2D eigenvalue weighted by molar-refractivity contribution is 0.0469. The molecule has 0 N–H and O–H groups in total. The highest BCUT2D eigenvalue weighted by Gasteiger charge is 2.29. The summed E-state index contributed by atoms with van der Waals surface area (Å²) in [7, 11) is 0. The summed E-state index contributed by atoms with van der Waals surface area (Å²) in [6.45, 7) is 5.02. The summed E-state index contributed by atoms with van der Waals surface area (Å²) in [6.07, 6.45) is 3.98. The molecule has 2 aliphatic rings. The summed E-state index contributed by atoms with van der Waals surface area (Å²) in [5.41, 5.74) is 0.819. The van der Waals surface area contributed by atoms with Crippen LogP contribution in [-0.4, -0.2) is 54.3 Å². The minimum atomic E-state index is 0.238. The fraction of sp³-hybridized carbons (Fsp3) is 0.562. The Morgan fingerprint density at radius 3 is 2.75 bits per heavy atom. The summed E-state index contributed by atoms with van der Waals surface area (Å²) >= 11 is 3.40. The highest BCUT2D eigenvalue weighted by Crippen LogP contribution is 2.21. The molecule has 0 radical (unpaired) electrons. The lowest BCUT2D eigenvalue weighted by Gasteiger charge is -2.43. The molecule has 2 fully saturated rings. The van der Waals surface area contributed by atoms with E-state index in [0.717, 1.165) is 29.7 Å². The Hall–Kier alpha value is -0.710. The number of ketones is 1. The minimum Gasteiger partial charge on any atom is -0.298 e. The Morgan fingerprint density at radius 2 is 1.95 bits per heavy atom. The molecule has 108 valence electrons. The van der Waals surface area contributed by atoms with Crippen molar-refractivity contribution in [3.05, 3.63) is 34.3 Å². The van der Waals surface area contributed by atoms with Crippen molar-refractivity contribution < 1.29 is 4.79 Å². The quantitative estimate of drug-likeness (QED) is 0.793. The van der Waals surface area contributed by atoms with Crippen LogP contribution in [0.1, 0.15) is 29.6 Å². The largest absolute Gasteiger partial charge is 0.298 e. The number of halogens is 1. The number of piperazine rings is 1. The first-order valence-corrected chi connectivity index (χ1v) is 8.27. The van der Waals surface area contributed by atoms with Gasteiger partial charge in [-0.3, -0.25) is 14.6 Å². The molecular weight excluding hydrogens is 316 g/mol. The van der Waals surface area contributed by atoms with E-state index in [-0.39, 0.29) is 5.78 Å². The highest BCUT2D eigenvalue weighted by molar-refractivity contribution is 9.10. The molecule has 0 saturated carbocycles. The summed E-state index contributed by atoms with van der Waals surface area (Å²) in [5, 5.41) is 0. The van der Waals surface area contributed by atoms with Gasteiger partial charge in [0.15, 0.2) is 5.78 Å². The van der Waals surface area contributed by atoms with Crippen LogP contribution in [0.5, 0.6) is 0 Å². The van der Waals surface area contributed by atoms with E-state index in [9.17, 15) is 4.79 Å². The molecule has 0 bridgehead atoms. The van der Waals surface area contributed by atoms with Gasteiger partial charge in [-0.05, 0) is 31.5 Å². The maximum Gasteiger partial charge on any atom is 0.176 e. The Balaban J connectivity index is 1.58. The van der Waals surface area contributed by atoms with Crippen LogP contribution in [0.15, 0.2) is 28.7 Å². The van der Waals surface area contributed by atoms with Gasteiger partial charge < -0.3 is 0 Å². The van der Waals surface area contributed by atoms with E-state index in [4.69, 9.17) is 0 Å². The van der Waals surface area contributed by atoms with Crippen LogP contribution >= 0.6 is 15.9 Å². The Labute approximate surface area is 129 Å². The molecule has 3 rings (SSSR count). The number of carbonyl (C=O) groups is 1. The summed E-state index contributed by atoms with van der Waals surface area (Å²) in [4.78, 5) is 17.2. The van der Waals surface area contributed by atoms with Gasteiger partial charge in [-0.2, -0.15) is 0 Å². The maximum absolute atomic E-state index is 12.3. The first-order valence-electron chi connectivity index (χ1n) is 7.47. The smallest absolute Gasteiger partial charge is 0.176 e. The first-order chi connectivity index (χ1) is 9.72. The molecular formula is C16H21BrN2O. The molecule has 1 unspecified atom stereocenters. The van der Waals surface area contributed by atoms with E-state index in [0.29, 0.717) is 12.6 Å². The molecule has 3 nitrogen and oxygen atoms in total. The number of piperidine rings is 1. The van der Waals surface area contributed by atoms with Crippen molar-refractivity contribution >= 4 is 21.7 Å². The van der Waals surface area contributed by atoms with E-state index in [1.54, 1.807) is 0 Å². The molecule has 4 heteroatoms. The van der Waals surface area contributed by atoms with Crippen molar-refractivity contribution in [1.29, 1.82) is 0 Å². The van der Waals surface area contributed by atoms with Gasteiger partial charge in [0.2, 0.25) is 0 Å². The fourth-order valence-corrected chi connectivity index (χ4v) is 3.56. The second-order valence-corrected chi connectivity index (χ2v) is 6.77. The van der Waals surface area contributed by atoms with Crippen LogP contribution < -0.4 is 0 Å². The third kappa shape index (κ3) is 3.30. The molecule has 2 aliphatic heterocycles. The zero-order valence-corrected chi connectivity index (χ0v) is 13.3. The standard InChI is InChI=1S/C16H21BrN2O/c17-14-6-4-13(5-7-14)16(20)12-18-9-10-19-8-2-1-3-15(19)11-18/h4-7,15H,1-3,8-12H2. The van der Waals surface area contributed by atoms with Crippen molar-refractivity contribution in [2.24, 2.45) is 0 Å². The lowest BCUT2D eigenvalue weighted by atomic mass is 9.99. The first kappa shape index (κ1) is 14.2. The number of hydrogen-bond acceptors (Lipinski definition) is 3. The Kier molecular flexibility index (Phi) is 4.54. The zero-order chi connectivity index (χ0) is 13.9. The number of Topliss-reactive ketones (excluding diaryl/α,β-unsaturated/α-hetero) is 1. The zero-order valence-electron chi connectivity index (χ0n) is 11.7. The molecule has 0 aromatic heterocycles. The average Bonchev–Trinajstić information content (AvgIpc) is 2.48. The molecule has 1 atom stereocenters. The van der Waals surface area contributed by atoms with Crippen molar-refractivity contribution in [2.45, 2.75) is 25.3 Å². The maximum atomic E-state index is 12.3. The fourth-order valence-electron chi connectivity index (χ4n) is 3.29. The van der Waals surface area contributed by atoms with E-state index in [1.807, 2.05) is 24.3 Å². The third-order valence-corrected chi connectivity index (χ3v) is 4.98. The number of carbonyl (C=O) groups excluding carboxylic acids is 1. The average molecular weight is 337 g/mol. The summed E-state index contributed by atoms with van der Waals surface area (Å²) in [6, 6.07) is 8.36. The second-order valence-electron chi connectivity index (χ2n) is 5.85.